The summed E-state index contributed by atoms with van der Waals surface area (Å²) in [5.41, 5.74) is 5.80. The summed E-state index contributed by atoms with van der Waals surface area (Å²) in [6.45, 7) is 3.04. The summed E-state index contributed by atoms with van der Waals surface area (Å²) in [6, 6.07) is 24.0. The van der Waals surface area contributed by atoms with Gasteiger partial charge in [-0.25, -0.2) is 4.98 Å². The predicted molar refractivity (Wildman–Crippen MR) is 182 cm³/mol. The first kappa shape index (κ1) is 34.6. The number of rotatable bonds is 14. The van der Waals surface area contributed by atoms with E-state index in [1.165, 1.54) is 6.92 Å². The van der Waals surface area contributed by atoms with E-state index < -0.39 is 6.29 Å². The van der Waals surface area contributed by atoms with Crippen molar-refractivity contribution in [3.63, 3.8) is 0 Å². The molecule has 1 aromatic heterocycles. The van der Waals surface area contributed by atoms with E-state index in [0.717, 1.165) is 52.6 Å². The van der Waals surface area contributed by atoms with E-state index in [1.807, 2.05) is 66.7 Å². The summed E-state index contributed by atoms with van der Waals surface area (Å²) in [6.07, 6.45) is 4.13. The van der Waals surface area contributed by atoms with Crippen LogP contribution in [0.1, 0.15) is 73.7 Å². The van der Waals surface area contributed by atoms with Crippen molar-refractivity contribution >= 4 is 35.0 Å². The van der Waals surface area contributed by atoms with Crippen LogP contribution >= 0.6 is 23.2 Å². The summed E-state index contributed by atoms with van der Waals surface area (Å²) >= 11 is 12.5. The summed E-state index contributed by atoms with van der Waals surface area (Å²) in [5.74, 6) is -0.0108. The maximum absolute atomic E-state index is 12.4. The molecule has 1 saturated heterocycles. The lowest BCUT2D eigenvalue weighted by Gasteiger charge is -2.36. The molecule has 5 rings (SSSR count). The summed E-state index contributed by atoms with van der Waals surface area (Å²) in [5, 5.41) is 15.9. The van der Waals surface area contributed by atoms with Gasteiger partial charge in [-0.3, -0.25) is 9.59 Å². The minimum atomic E-state index is -0.616. The predicted octanol–water partition coefficient (Wildman–Crippen LogP) is 6.91. The van der Waals surface area contributed by atoms with Crippen LogP contribution in [0.5, 0.6) is 0 Å². The van der Waals surface area contributed by atoms with Crippen molar-refractivity contribution in [2.75, 3.05) is 6.54 Å². The van der Waals surface area contributed by atoms with Crippen molar-refractivity contribution in [3.8, 4) is 11.1 Å². The van der Waals surface area contributed by atoms with Crippen LogP contribution in [0.25, 0.3) is 11.1 Å². The van der Waals surface area contributed by atoms with Crippen LogP contribution in [-0.2, 0) is 38.8 Å². The average molecular weight is 680 g/mol. The molecule has 1 fully saturated rings. The topological polar surface area (TPSA) is 115 Å². The number of benzene rings is 3. The van der Waals surface area contributed by atoms with E-state index in [0.29, 0.717) is 37.6 Å². The molecule has 0 radical (unpaired) electrons. The third-order valence-corrected chi connectivity index (χ3v) is 8.91. The molecule has 3 unspecified atom stereocenters. The largest absolute Gasteiger partial charge is 0.392 e. The zero-order chi connectivity index (χ0) is 33.2. The molecule has 2 amide bonds. The van der Waals surface area contributed by atoms with E-state index in [4.69, 9.17) is 32.7 Å². The van der Waals surface area contributed by atoms with Crippen molar-refractivity contribution in [1.82, 2.24) is 20.2 Å². The Morgan fingerprint density at radius 1 is 0.915 bits per heavy atom. The fraction of sp³-hybridized carbons (Fsp3) is 0.361. The number of carbonyl (C=O) groups excluding carboxylic acids is 2. The summed E-state index contributed by atoms with van der Waals surface area (Å²) in [7, 11) is 0. The number of ether oxygens (including phenoxy) is 2. The van der Waals surface area contributed by atoms with E-state index in [-0.39, 0.29) is 35.8 Å². The first-order valence-electron chi connectivity index (χ1n) is 15.9. The molecule has 9 nitrogen and oxygen atoms in total. The standard InChI is InChI=1S/C36H40Cl2N4O5/c1-24(44)39-17-4-2-3-8-33(45)40-20-26-6-5-7-30(18-26)27-13-15-29(16-14-27)36-46-31(21-42-23-41-34(37)35(42)38)19-32(47-36)28-11-9-25(22-43)10-12-28/h5-7,9-16,18,23,31-32,36,43H,2-4,8,17,19-22H2,1H3,(H,39,44)(H,40,45). The van der Waals surface area contributed by atoms with Crippen molar-refractivity contribution in [2.45, 2.75) is 77.2 Å². The highest BCUT2D eigenvalue weighted by Crippen LogP contribution is 2.39. The number of aliphatic hydroxyl groups is 1. The molecule has 4 aromatic rings. The van der Waals surface area contributed by atoms with Gasteiger partial charge in [-0.15, -0.1) is 0 Å². The lowest BCUT2D eigenvalue weighted by atomic mass is 9.99. The highest BCUT2D eigenvalue weighted by atomic mass is 35.5. The molecule has 3 N–H and O–H groups in total. The molecule has 248 valence electrons. The van der Waals surface area contributed by atoms with Crippen molar-refractivity contribution in [2.24, 2.45) is 0 Å². The zero-order valence-corrected chi connectivity index (χ0v) is 27.8. The Balaban J connectivity index is 1.22. The van der Waals surface area contributed by atoms with Gasteiger partial charge in [0, 0.05) is 38.4 Å². The Labute approximate surface area is 285 Å². The van der Waals surface area contributed by atoms with Crippen LogP contribution in [0.4, 0.5) is 0 Å². The van der Waals surface area contributed by atoms with Crippen LogP contribution in [0.2, 0.25) is 10.3 Å². The Morgan fingerprint density at radius 2 is 1.68 bits per heavy atom. The quantitative estimate of drug-likeness (QED) is 0.125. The molecular weight excluding hydrogens is 639 g/mol. The van der Waals surface area contributed by atoms with Gasteiger partial charge in [-0.1, -0.05) is 96.4 Å². The monoisotopic (exact) mass is 678 g/mol. The molecule has 0 aliphatic carbocycles. The van der Waals surface area contributed by atoms with Crippen LogP contribution in [-0.4, -0.2) is 39.1 Å². The number of nitrogens with one attached hydrogen (secondary N) is 2. The Hall–Kier alpha value is -3.73. The number of aliphatic hydroxyl groups excluding tert-OH is 1. The molecular formula is C36H40Cl2N4O5. The second-order valence-electron chi connectivity index (χ2n) is 11.7. The third kappa shape index (κ3) is 9.89. The molecule has 2 heterocycles. The van der Waals surface area contributed by atoms with Gasteiger partial charge in [0.05, 0.1) is 31.7 Å². The number of halogens is 2. The first-order chi connectivity index (χ1) is 22.8. The average Bonchev–Trinajstić information content (AvgIpc) is 3.41. The lowest BCUT2D eigenvalue weighted by Crippen LogP contribution is -2.32. The Morgan fingerprint density at radius 3 is 2.38 bits per heavy atom. The molecule has 0 spiro atoms. The fourth-order valence-electron chi connectivity index (χ4n) is 5.56. The Kier molecular flexibility index (Phi) is 12.4. The van der Waals surface area contributed by atoms with E-state index in [1.54, 1.807) is 10.9 Å². The van der Waals surface area contributed by atoms with Crippen molar-refractivity contribution in [3.05, 3.63) is 112 Å². The zero-order valence-electron chi connectivity index (χ0n) is 26.3. The molecule has 0 bridgehead atoms. The van der Waals surface area contributed by atoms with Gasteiger partial charge in [0.25, 0.3) is 0 Å². The molecule has 11 heteroatoms. The lowest BCUT2D eigenvalue weighted by molar-refractivity contribution is -0.252. The van der Waals surface area contributed by atoms with E-state index >= 15 is 0 Å². The third-order valence-electron chi connectivity index (χ3n) is 8.14. The second-order valence-corrected chi connectivity index (χ2v) is 12.4. The van der Waals surface area contributed by atoms with Gasteiger partial charge in [0.1, 0.15) is 5.15 Å². The number of carbonyl (C=O) groups is 2. The normalized spacial score (nSPS) is 17.7. The number of imidazole rings is 1. The molecule has 3 atom stereocenters. The molecule has 1 aliphatic rings. The van der Waals surface area contributed by atoms with E-state index in [9.17, 15) is 14.7 Å². The van der Waals surface area contributed by atoms with Gasteiger partial charge in [-0.05, 0) is 46.7 Å². The number of nitrogens with zero attached hydrogens (tertiary/aromatic N) is 2. The van der Waals surface area contributed by atoms with Crippen LogP contribution in [0.15, 0.2) is 79.1 Å². The minimum Gasteiger partial charge on any atom is -0.392 e. The second kappa shape index (κ2) is 16.9. The van der Waals surface area contributed by atoms with Gasteiger partial charge < -0.3 is 29.8 Å². The van der Waals surface area contributed by atoms with Crippen LogP contribution in [0, 0.1) is 0 Å². The molecule has 0 saturated carbocycles. The highest BCUT2D eigenvalue weighted by molar-refractivity contribution is 6.40. The van der Waals surface area contributed by atoms with Crippen LogP contribution < -0.4 is 10.6 Å². The van der Waals surface area contributed by atoms with Crippen molar-refractivity contribution < 1.29 is 24.2 Å². The van der Waals surface area contributed by atoms with Gasteiger partial charge in [0.15, 0.2) is 11.4 Å². The van der Waals surface area contributed by atoms with Crippen LogP contribution in [0.3, 0.4) is 0 Å². The summed E-state index contributed by atoms with van der Waals surface area (Å²) < 4.78 is 14.7. The summed E-state index contributed by atoms with van der Waals surface area (Å²) in [4.78, 5) is 27.4. The smallest absolute Gasteiger partial charge is 0.220 e. The molecule has 47 heavy (non-hydrogen) atoms. The fourth-order valence-corrected chi connectivity index (χ4v) is 5.87. The van der Waals surface area contributed by atoms with Gasteiger partial charge in [0.2, 0.25) is 11.8 Å². The van der Waals surface area contributed by atoms with Gasteiger partial charge in [-0.2, -0.15) is 0 Å². The first-order valence-corrected chi connectivity index (χ1v) is 16.6. The SMILES string of the molecule is CC(=O)NCCCCCC(=O)NCc1cccc(-c2ccc(C3OC(Cn4cnc(Cl)c4Cl)CC(c4ccc(CO)cc4)O3)cc2)c1. The van der Waals surface area contributed by atoms with Crippen molar-refractivity contribution in [1.29, 1.82) is 0 Å². The molecule has 1 aliphatic heterocycles. The maximum Gasteiger partial charge on any atom is 0.220 e. The number of amides is 2. The number of unbranched alkanes of at least 4 members (excludes halogenated alkanes) is 2. The van der Waals surface area contributed by atoms with E-state index in [2.05, 4.69) is 21.7 Å². The number of hydrogen-bond acceptors (Lipinski definition) is 6. The number of aromatic nitrogens is 2. The van der Waals surface area contributed by atoms with Gasteiger partial charge >= 0.3 is 0 Å². The highest BCUT2D eigenvalue weighted by Gasteiger charge is 2.33. The minimum absolute atomic E-state index is 0.0196. The maximum atomic E-state index is 12.4. The molecule has 3 aromatic carbocycles. The Bertz CT molecular complexity index is 1630. The number of hydrogen-bond donors (Lipinski definition) is 3.